The normalized spacial score (nSPS) is 23.2. The first-order valence-electron chi connectivity index (χ1n) is 8.26. The van der Waals surface area contributed by atoms with Crippen molar-refractivity contribution in [1.29, 1.82) is 0 Å². The minimum absolute atomic E-state index is 0.424. The molecule has 0 saturated heterocycles. The first kappa shape index (κ1) is 16.6. The Hall–Kier alpha value is -0.730. The van der Waals surface area contributed by atoms with Crippen LogP contribution in [0.1, 0.15) is 57.6 Å². The van der Waals surface area contributed by atoms with Gasteiger partial charge in [-0.25, -0.2) is 0 Å². The molecular weight excluding hydrogens is 282 g/mol. The molecule has 0 bridgehead atoms. The van der Waals surface area contributed by atoms with Gasteiger partial charge in [0.05, 0.1) is 12.1 Å². The predicted octanol–water partition coefficient (Wildman–Crippen LogP) is 5.22. The third-order valence-electron chi connectivity index (χ3n) is 4.78. The quantitative estimate of drug-likeness (QED) is 0.746. The van der Waals surface area contributed by atoms with Gasteiger partial charge in [-0.05, 0) is 55.3 Å². The van der Waals surface area contributed by atoms with Gasteiger partial charge in [0, 0.05) is 6.04 Å². The Morgan fingerprint density at radius 1 is 1.33 bits per heavy atom. The molecule has 3 unspecified atom stereocenters. The second-order valence-corrected chi connectivity index (χ2v) is 6.58. The lowest BCUT2D eigenvalue weighted by Gasteiger charge is -2.26. The topological polar surface area (TPSA) is 21.3 Å². The summed E-state index contributed by atoms with van der Waals surface area (Å²) in [5.41, 5.74) is 1.31. The van der Waals surface area contributed by atoms with E-state index < -0.39 is 0 Å². The first-order chi connectivity index (χ1) is 10.2. The van der Waals surface area contributed by atoms with Gasteiger partial charge in [-0.2, -0.15) is 0 Å². The molecule has 0 aromatic heterocycles. The van der Waals surface area contributed by atoms with E-state index in [4.69, 9.17) is 16.3 Å². The highest BCUT2D eigenvalue weighted by Crippen LogP contribution is 2.41. The van der Waals surface area contributed by atoms with Crippen LogP contribution in [-0.2, 0) is 0 Å². The van der Waals surface area contributed by atoms with Gasteiger partial charge in [0.15, 0.2) is 0 Å². The summed E-state index contributed by atoms with van der Waals surface area (Å²) in [5, 5.41) is 4.43. The minimum Gasteiger partial charge on any atom is -0.495 e. The van der Waals surface area contributed by atoms with Crippen LogP contribution in [0.2, 0.25) is 5.02 Å². The van der Waals surface area contributed by atoms with Crippen molar-refractivity contribution in [2.24, 2.45) is 11.8 Å². The molecule has 0 aliphatic heterocycles. The second kappa shape index (κ2) is 8.05. The van der Waals surface area contributed by atoms with Crippen molar-refractivity contribution in [1.82, 2.24) is 5.32 Å². The zero-order chi connectivity index (χ0) is 15.2. The zero-order valence-electron chi connectivity index (χ0n) is 13.5. The lowest BCUT2D eigenvalue weighted by Crippen LogP contribution is -2.28. The molecule has 3 atom stereocenters. The summed E-state index contributed by atoms with van der Waals surface area (Å²) >= 11 is 6.17. The van der Waals surface area contributed by atoms with Crippen LogP contribution in [-0.4, -0.2) is 13.7 Å². The average Bonchev–Trinajstić information content (AvgIpc) is 2.98. The van der Waals surface area contributed by atoms with E-state index in [2.05, 4.69) is 31.3 Å². The Labute approximate surface area is 134 Å². The van der Waals surface area contributed by atoms with Crippen LogP contribution >= 0.6 is 11.6 Å². The summed E-state index contributed by atoms with van der Waals surface area (Å²) in [6.45, 7) is 5.59. The van der Waals surface area contributed by atoms with E-state index in [9.17, 15) is 0 Å². The Kier molecular flexibility index (Phi) is 6.38. The van der Waals surface area contributed by atoms with Gasteiger partial charge < -0.3 is 10.1 Å². The summed E-state index contributed by atoms with van der Waals surface area (Å²) in [5.74, 6) is 2.41. The lowest BCUT2D eigenvalue weighted by atomic mass is 9.90. The standard InChI is InChI=1S/C18H28ClNO/c1-4-10-20-18(14-7-6-13(5-2)11-14)15-8-9-16(19)17(12-15)21-3/h8-9,12-14,18,20H,4-7,10-11H2,1-3H3. The molecular formula is C18H28ClNO. The summed E-state index contributed by atoms with van der Waals surface area (Å²) < 4.78 is 5.39. The maximum Gasteiger partial charge on any atom is 0.137 e. The molecule has 118 valence electrons. The van der Waals surface area contributed by atoms with Crippen LogP contribution in [0.25, 0.3) is 0 Å². The van der Waals surface area contributed by atoms with E-state index >= 15 is 0 Å². The number of ether oxygens (including phenoxy) is 1. The van der Waals surface area contributed by atoms with Crippen LogP contribution in [0, 0.1) is 11.8 Å². The fourth-order valence-electron chi connectivity index (χ4n) is 3.51. The molecule has 0 spiro atoms. The number of hydrogen-bond donors (Lipinski definition) is 1. The summed E-state index contributed by atoms with van der Waals surface area (Å²) in [6, 6.07) is 6.64. The molecule has 0 heterocycles. The molecule has 21 heavy (non-hydrogen) atoms. The molecule has 1 aliphatic carbocycles. The van der Waals surface area contributed by atoms with E-state index in [0.717, 1.165) is 30.6 Å². The number of nitrogens with one attached hydrogen (secondary N) is 1. The number of hydrogen-bond acceptors (Lipinski definition) is 2. The van der Waals surface area contributed by atoms with Gasteiger partial charge in [-0.3, -0.25) is 0 Å². The smallest absolute Gasteiger partial charge is 0.137 e. The Morgan fingerprint density at radius 2 is 2.14 bits per heavy atom. The highest BCUT2D eigenvalue weighted by Gasteiger charge is 2.30. The van der Waals surface area contributed by atoms with Crippen molar-refractivity contribution in [3.8, 4) is 5.75 Å². The summed E-state index contributed by atoms with van der Waals surface area (Å²) in [6.07, 6.45) is 6.50. The number of methoxy groups -OCH3 is 1. The van der Waals surface area contributed by atoms with Crippen LogP contribution in [0.4, 0.5) is 0 Å². The van der Waals surface area contributed by atoms with E-state index in [-0.39, 0.29) is 0 Å². The van der Waals surface area contributed by atoms with Gasteiger partial charge in [-0.15, -0.1) is 0 Å². The van der Waals surface area contributed by atoms with Crippen LogP contribution in [0.15, 0.2) is 18.2 Å². The number of halogens is 1. The molecule has 1 N–H and O–H groups in total. The van der Waals surface area contributed by atoms with Gasteiger partial charge in [-0.1, -0.05) is 44.4 Å². The van der Waals surface area contributed by atoms with Gasteiger partial charge in [0.25, 0.3) is 0 Å². The highest BCUT2D eigenvalue weighted by molar-refractivity contribution is 6.32. The molecule has 1 aromatic rings. The molecule has 1 aliphatic rings. The molecule has 1 saturated carbocycles. The molecule has 2 rings (SSSR count). The van der Waals surface area contributed by atoms with Crippen LogP contribution in [0.5, 0.6) is 5.75 Å². The molecule has 0 radical (unpaired) electrons. The lowest BCUT2D eigenvalue weighted by molar-refractivity contribution is 0.351. The summed E-state index contributed by atoms with van der Waals surface area (Å²) in [7, 11) is 1.68. The van der Waals surface area contributed by atoms with Crippen molar-refractivity contribution in [3.05, 3.63) is 28.8 Å². The van der Waals surface area contributed by atoms with Crippen molar-refractivity contribution in [2.45, 2.75) is 52.0 Å². The Balaban J connectivity index is 2.19. The Bertz CT molecular complexity index is 449. The minimum atomic E-state index is 0.424. The first-order valence-corrected chi connectivity index (χ1v) is 8.64. The second-order valence-electron chi connectivity index (χ2n) is 6.17. The monoisotopic (exact) mass is 309 g/mol. The number of rotatable bonds is 7. The molecule has 2 nitrogen and oxygen atoms in total. The van der Waals surface area contributed by atoms with Gasteiger partial charge in [0.1, 0.15) is 5.75 Å². The fraction of sp³-hybridized carbons (Fsp3) is 0.667. The molecule has 3 heteroatoms. The van der Waals surface area contributed by atoms with Crippen molar-refractivity contribution >= 4 is 11.6 Å². The molecule has 1 aromatic carbocycles. The van der Waals surface area contributed by atoms with E-state index in [1.165, 1.54) is 31.2 Å². The van der Waals surface area contributed by atoms with Crippen LogP contribution < -0.4 is 10.1 Å². The SMILES string of the molecule is CCCNC(c1ccc(Cl)c(OC)c1)C1CCC(CC)C1. The Morgan fingerprint density at radius 3 is 2.76 bits per heavy atom. The number of benzene rings is 1. The predicted molar refractivity (Wildman–Crippen MR) is 90.2 cm³/mol. The zero-order valence-corrected chi connectivity index (χ0v) is 14.2. The molecule has 1 fully saturated rings. The maximum atomic E-state index is 6.17. The molecule has 0 amide bonds. The van der Waals surface area contributed by atoms with Gasteiger partial charge in [0.2, 0.25) is 0 Å². The van der Waals surface area contributed by atoms with E-state index in [1.54, 1.807) is 7.11 Å². The van der Waals surface area contributed by atoms with Crippen molar-refractivity contribution < 1.29 is 4.74 Å². The average molecular weight is 310 g/mol. The van der Waals surface area contributed by atoms with E-state index in [0.29, 0.717) is 11.1 Å². The summed E-state index contributed by atoms with van der Waals surface area (Å²) in [4.78, 5) is 0. The maximum absolute atomic E-state index is 6.17. The van der Waals surface area contributed by atoms with Crippen molar-refractivity contribution in [2.75, 3.05) is 13.7 Å². The van der Waals surface area contributed by atoms with E-state index in [1.807, 2.05) is 6.07 Å². The largest absolute Gasteiger partial charge is 0.495 e. The van der Waals surface area contributed by atoms with Gasteiger partial charge >= 0.3 is 0 Å². The fourth-order valence-corrected chi connectivity index (χ4v) is 3.71. The van der Waals surface area contributed by atoms with Crippen LogP contribution in [0.3, 0.4) is 0 Å². The highest BCUT2D eigenvalue weighted by atomic mass is 35.5. The third kappa shape index (κ3) is 4.14. The van der Waals surface area contributed by atoms with Crippen molar-refractivity contribution in [3.63, 3.8) is 0 Å². The third-order valence-corrected chi connectivity index (χ3v) is 5.09.